The molecule has 2 unspecified atom stereocenters. The third kappa shape index (κ3) is 2.98. The molecular weight excluding hydrogens is 170 g/mol. The summed E-state index contributed by atoms with van der Waals surface area (Å²) < 4.78 is 0. The topological polar surface area (TPSA) is 12.0 Å². The number of rotatable bonds is 0. The summed E-state index contributed by atoms with van der Waals surface area (Å²) in [6, 6.07) is 0.695. The highest BCUT2D eigenvalue weighted by molar-refractivity contribution is 4.90. The van der Waals surface area contributed by atoms with E-state index in [9.17, 15) is 0 Å². The fourth-order valence-electron chi connectivity index (χ4n) is 2.36. The molecule has 1 nitrogen and oxygen atoms in total. The Bertz CT molecular complexity index is 162. The third-order valence-electron chi connectivity index (χ3n) is 3.67. The highest BCUT2D eigenvalue weighted by Crippen LogP contribution is 2.38. The Morgan fingerprint density at radius 1 is 0.929 bits per heavy atom. The Morgan fingerprint density at radius 3 is 1.93 bits per heavy atom. The summed E-state index contributed by atoms with van der Waals surface area (Å²) in [6.45, 7) is 15.4. The molecule has 1 saturated heterocycles. The van der Waals surface area contributed by atoms with Crippen molar-refractivity contribution in [2.24, 2.45) is 16.7 Å². The summed E-state index contributed by atoms with van der Waals surface area (Å²) in [4.78, 5) is 0. The van der Waals surface area contributed by atoms with Gasteiger partial charge >= 0.3 is 0 Å². The molecule has 0 aromatic carbocycles. The van der Waals surface area contributed by atoms with E-state index in [0.29, 0.717) is 16.9 Å². The maximum atomic E-state index is 3.66. The summed E-state index contributed by atoms with van der Waals surface area (Å²) >= 11 is 0. The van der Waals surface area contributed by atoms with Gasteiger partial charge in [0, 0.05) is 6.04 Å². The van der Waals surface area contributed by atoms with Crippen LogP contribution in [0.2, 0.25) is 0 Å². The maximum absolute atomic E-state index is 3.66. The minimum atomic E-state index is 0.407. The molecule has 1 aliphatic heterocycles. The van der Waals surface area contributed by atoms with Crippen molar-refractivity contribution in [3.63, 3.8) is 0 Å². The lowest BCUT2D eigenvalue weighted by Gasteiger charge is -2.43. The first-order valence-corrected chi connectivity index (χ1v) is 5.94. The van der Waals surface area contributed by atoms with E-state index in [1.807, 2.05) is 0 Å². The summed E-state index contributed by atoms with van der Waals surface area (Å²) in [5.41, 5.74) is 0.884. The van der Waals surface area contributed by atoms with Crippen LogP contribution in [0, 0.1) is 16.7 Å². The van der Waals surface area contributed by atoms with Crippen LogP contribution in [0.3, 0.4) is 0 Å². The van der Waals surface area contributed by atoms with Crippen molar-refractivity contribution in [2.75, 3.05) is 6.54 Å². The molecule has 0 aromatic heterocycles. The van der Waals surface area contributed by atoms with Crippen molar-refractivity contribution in [3.8, 4) is 0 Å². The van der Waals surface area contributed by atoms with Crippen LogP contribution in [-0.4, -0.2) is 12.6 Å². The van der Waals surface area contributed by atoms with E-state index in [1.165, 1.54) is 19.4 Å². The first-order valence-electron chi connectivity index (χ1n) is 5.94. The average molecular weight is 197 g/mol. The second kappa shape index (κ2) is 3.84. The van der Waals surface area contributed by atoms with Gasteiger partial charge in [0.25, 0.3) is 0 Å². The van der Waals surface area contributed by atoms with E-state index in [4.69, 9.17) is 0 Å². The van der Waals surface area contributed by atoms with Crippen LogP contribution in [0.25, 0.3) is 0 Å². The first kappa shape index (κ1) is 12.0. The first-order chi connectivity index (χ1) is 6.21. The fraction of sp³-hybridized carbons (Fsp3) is 1.00. The number of piperidine rings is 1. The molecule has 1 rings (SSSR count). The molecule has 14 heavy (non-hydrogen) atoms. The minimum absolute atomic E-state index is 0.407. The standard InChI is InChI=1S/C13H27N/c1-12(2,3)10-7-8-14-11(9-10)13(4,5)6/h10-11,14H,7-9H2,1-6H3. The molecule has 2 atom stereocenters. The molecule has 0 radical (unpaired) electrons. The van der Waals surface area contributed by atoms with Crippen molar-refractivity contribution in [1.29, 1.82) is 0 Å². The normalized spacial score (nSPS) is 30.4. The molecule has 84 valence electrons. The quantitative estimate of drug-likeness (QED) is 0.627. The number of hydrogen-bond acceptors (Lipinski definition) is 1. The zero-order valence-corrected chi connectivity index (χ0v) is 10.8. The molecule has 0 aliphatic carbocycles. The molecule has 1 heteroatoms. The lowest BCUT2D eigenvalue weighted by Crippen LogP contribution is -2.48. The van der Waals surface area contributed by atoms with Crippen molar-refractivity contribution in [1.82, 2.24) is 5.32 Å². The van der Waals surface area contributed by atoms with Crippen molar-refractivity contribution >= 4 is 0 Å². The van der Waals surface area contributed by atoms with E-state index in [1.54, 1.807) is 0 Å². The smallest absolute Gasteiger partial charge is 0.0118 e. The highest BCUT2D eigenvalue weighted by atomic mass is 14.9. The molecule has 0 aromatic rings. The maximum Gasteiger partial charge on any atom is 0.0118 e. The molecule has 0 bridgehead atoms. The summed E-state index contributed by atoms with van der Waals surface area (Å²) in [5, 5.41) is 3.66. The van der Waals surface area contributed by atoms with E-state index < -0.39 is 0 Å². The van der Waals surface area contributed by atoms with Gasteiger partial charge in [-0.3, -0.25) is 0 Å². The highest BCUT2D eigenvalue weighted by Gasteiger charge is 2.35. The Labute approximate surface area is 89.7 Å². The van der Waals surface area contributed by atoms with E-state index in [0.717, 1.165) is 5.92 Å². The second-order valence-corrected chi connectivity index (χ2v) is 6.96. The molecule has 1 aliphatic rings. The van der Waals surface area contributed by atoms with Crippen molar-refractivity contribution in [3.05, 3.63) is 0 Å². The Balaban J connectivity index is 2.61. The van der Waals surface area contributed by atoms with Gasteiger partial charge in [-0.25, -0.2) is 0 Å². The Morgan fingerprint density at radius 2 is 1.50 bits per heavy atom. The van der Waals surface area contributed by atoms with Crippen LogP contribution in [0.4, 0.5) is 0 Å². The van der Waals surface area contributed by atoms with E-state index in [-0.39, 0.29) is 0 Å². The number of nitrogens with one attached hydrogen (secondary N) is 1. The lowest BCUT2D eigenvalue weighted by molar-refractivity contribution is 0.114. The molecule has 0 saturated carbocycles. The zero-order valence-electron chi connectivity index (χ0n) is 10.8. The molecule has 0 spiro atoms. The van der Waals surface area contributed by atoms with Crippen molar-refractivity contribution in [2.45, 2.75) is 60.4 Å². The summed E-state index contributed by atoms with van der Waals surface area (Å²) in [7, 11) is 0. The van der Waals surface area contributed by atoms with Crippen LogP contribution in [0.1, 0.15) is 54.4 Å². The monoisotopic (exact) mass is 197 g/mol. The minimum Gasteiger partial charge on any atom is -0.313 e. The molecule has 1 N–H and O–H groups in total. The van der Waals surface area contributed by atoms with E-state index >= 15 is 0 Å². The molecule has 0 amide bonds. The van der Waals surface area contributed by atoms with Gasteiger partial charge in [-0.2, -0.15) is 0 Å². The van der Waals surface area contributed by atoms with Crippen LogP contribution in [0.15, 0.2) is 0 Å². The van der Waals surface area contributed by atoms with Gasteiger partial charge in [0.15, 0.2) is 0 Å². The van der Waals surface area contributed by atoms with Crippen molar-refractivity contribution < 1.29 is 0 Å². The predicted molar refractivity (Wildman–Crippen MR) is 63.4 cm³/mol. The van der Waals surface area contributed by atoms with Gasteiger partial charge in [0.2, 0.25) is 0 Å². The van der Waals surface area contributed by atoms with Crippen LogP contribution in [-0.2, 0) is 0 Å². The van der Waals surface area contributed by atoms with Gasteiger partial charge < -0.3 is 5.32 Å². The van der Waals surface area contributed by atoms with Crippen LogP contribution >= 0.6 is 0 Å². The summed E-state index contributed by atoms with van der Waals surface area (Å²) in [6.07, 6.45) is 2.68. The Hall–Kier alpha value is -0.0400. The molecule has 1 heterocycles. The predicted octanol–water partition coefficient (Wildman–Crippen LogP) is 3.45. The van der Waals surface area contributed by atoms with Crippen LogP contribution in [0.5, 0.6) is 0 Å². The Kier molecular flexibility index (Phi) is 3.30. The van der Waals surface area contributed by atoms with Crippen LogP contribution < -0.4 is 5.32 Å². The number of hydrogen-bond donors (Lipinski definition) is 1. The van der Waals surface area contributed by atoms with Gasteiger partial charge in [0.05, 0.1) is 0 Å². The van der Waals surface area contributed by atoms with Gasteiger partial charge in [-0.15, -0.1) is 0 Å². The second-order valence-electron chi connectivity index (χ2n) is 6.96. The van der Waals surface area contributed by atoms with Gasteiger partial charge in [-0.1, -0.05) is 41.5 Å². The largest absolute Gasteiger partial charge is 0.313 e. The van der Waals surface area contributed by atoms with E-state index in [2.05, 4.69) is 46.9 Å². The third-order valence-corrected chi connectivity index (χ3v) is 3.67. The lowest BCUT2D eigenvalue weighted by atomic mass is 9.69. The van der Waals surface area contributed by atoms with Gasteiger partial charge in [0.1, 0.15) is 0 Å². The average Bonchev–Trinajstić information content (AvgIpc) is 2.01. The molecule has 1 fully saturated rings. The fourth-order valence-corrected chi connectivity index (χ4v) is 2.36. The SMILES string of the molecule is CC(C)(C)C1CCNC(C(C)(C)C)C1. The van der Waals surface area contributed by atoms with Gasteiger partial charge in [-0.05, 0) is 36.1 Å². The molecular formula is C13H27N. The summed E-state index contributed by atoms with van der Waals surface area (Å²) in [5.74, 6) is 0.882. The zero-order chi connectivity index (χ0) is 11.0.